The van der Waals surface area contributed by atoms with Gasteiger partial charge in [-0.2, -0.15) is 0 Å². The summed E-state index contributed by atoms with van der Waals surface area (Å²) in [6.45, 7) is 7.50. The molecule has 0 saturated heterocycles. The number of aromatic hydroxyl groups is 2. The number of methoxy groups -OCH3 is 4. The molecule has 0 aromatic heterocycles. The Morgan fingerprint density at radius 3 is 0.975 bits per heavy atom. The molecule has 18 nitrogen and oxygen atoms in total. The fourth-order valence-electron chi connectivity index (χ4n) is 9.03. The predicted molar refractivity (Wildman–Crippen MR) is 292 cm³/mol. The zero-order valence-electron chi connectivity index (χ0n) is 46.6. The lowest BCUT2D eigenvalue weighted by atomic mass is 9.78. The Balaban J connectivity index is 1.57. The van der Waals surface area contributed by atoms with Crippen molar-refractivity contribution in [3.63, 3.8) is 0 Å². The van der Waals surface area contributed by atoms with Gasteiger partial charge in [0.15, 0.2) is 0 Å². The van der Waals surface area contributed by atoms with Gasteiger partial charge >= 0.3 is 47.8 Å². The minimum Gasteiger partial charge on any atom is -0.507 e. The number of phenols is 2. The van der Waals surface area contributed by atoms with Crippen LogP contribution >= 0.6 is 0 Å². The second-order valence-electron chi connectivity index (χ2n) is 19.2. The summed E-state index contributed by atoms with van der Waals surface area (Å²) in [5.74, 6) is -4.96. The lowest BCUT2D eigenvalue weighted by Crippen LogP contribution is -2.13. The highest BCUT2D eigenvalue weighted by molar-refractivity contribution is 5.77. The second-order valence-corrected chi connectivity index (χ2v) is 19.2. The Morgan fingerprint density at radius 1 is 0.338 bits per heavy atom. The van der Waals surface area contributed by atoms with E-state index in [2.05, 4.69) is 9.47 Å². The summed E-state index contributed by atoms with van der Waals surface area (Å²) in [4.78, 5) is 97.9. The first-order valence-corrected chi connectivity index (χ1v) is 26.3. The summed E-state index contributed by atoms with van der Waals surface area (Å²) >= 11 is 0. The van der Waals surface area contributed by atoms with Gasteiger partial charge in [0.25, 0.3) is 0 Å². The Morgan fingerprint density at radius 2 is 0.637 bits per heavy atom. The third-order valence-corrected chi connectivity index (χ3v) is 13.3. The van der Waals surface area contributed by atoms with Gasteiger partial charge in [-0.25, -0.2) is 0 Å². The number of carbonyl (C=O) groups is 8. The molecule has 5 aromatic rings. The molecule has 5 aromatic carbocycles. The number of hydrogen-bond donors (Lipinski definition) is 2. The molecule has 80 heavy (non-hydrogen) atoms. The van der Waals surface area contributed by atoms with E-state index in [0.29, 0.717) is 58.6 Å². The van der Waals surface area contributed by atoms with Crippen molar-refractivity contribution in [2.24, 2.45) is 0 Å². The van der Waals surface area contributed by atoms with Crippen LogP contribution in [-0.4, -0.2) is 86.4 Å². The average Bonchev–Trinajstić information content (AvgIpc) is 3.47. The Bertz CT molecular complexity index is 2940. The normalized spacial score (nSPS) is 11.3. The molecule has 2 N–H and O–H groups in total. The zero-order valence-corrected chi connectivity index (χ0v) is 46.6. The second kappa shape index (κ2) is 30.6. The van der Waals surface area contributed by atoms with Gasteiger partial charge in [-0.15, -0.1) is 0 Å². The molecule has 0 spiro atoms. The van der Waals surface area contributed by atoms with E-state index < -0.39 is 53.6 Å². The van der Waals surface area contributed by atoms with Crippen molar-refractivity contribution in [3.8, 4) is 34.5 Å². The number of carbonyl (C=O) groups excluding carboxylic acids is 8. The summed E-state index contributed by atoms with van der Waals surface area (Å²) in [5.41, 5.74) is 6.67. The van der Waals surface area contributed by atoms with Crippen molar-refractivity contribution in [2.45, 2.75) is 129 Å². The first-order chi connectivity index (χ1) is 38.2. The van der Waals surface area contributed by atoms with Gasteiger partial charge in [0.1, 0.15) is 34.5 Å². The predicted octanol–water partition coefficient (Wildman–Crippen LogP) is 10.5. The zero-order chi connectivity index (χ0) is 58.5. The van der Waals surface area contributed by atoms with E-state index in [0.717, 1.165) is 27.8 Å². The number of phenolic OH excluding ortho intramolecular Hbond substituents is 2. The van der Waals surface area contributed by atoms with Crippen LogP contribution in [0.1, 0.15) is 157 Å². The molecule has 0 bridgehead atoms. The Kier molecular flexibility index (Phi) is 23.8. The maximum Gasteiger partial charge on any atom is 0.311 e. The Hall–Kier alpha value is -8.54. The minimum atomic E-state index is -0.881. The van der Waals surface area contributed by atoms with E-state index in [1.54, 1.807) is 18.2 Å². The standard InChI is InChI=1S/C62H70O18/c1-37-33-51(79-59(71)16-11-9-10-15-53(65)73-5)39(3)31-47(37)62(48-32-40(4)52(34-38(48)2)80-60(72)22-14-19-56(68)76-8)42-25-23-41(24-26-42)61(45-29-27-43(35-49(45)63)77-57(69)20-12-17-54(66)74-6)46-30-28-44(36-50(46)64)78-58(70)21-13-18-55(67)75-7/h23-36,61-64H,9-22H2,1-8H3. The molecule has 0 aliphatic rings. The highest BCUT2D eigenvalue weighted by Crippen LogP contribution is 2.45. The Labute approximate surface area is 465 Å². The van der Waals surface area contributed by atoms with Crippen LogP contribution in [0.3, 0.4) is 0 Å². The molecule has 0 saturated carbocycles. The quantitative estimate of drug-likeness (QED) is 0.0155. The van der Waals surface area contributed by atoms with Gasteiger partial charge in [0.2, 0.25) is 0 Å². The molecule has 0 amide bonds. The van der Waals surface area contributed by atoms with Crippen molar-refractivity contribution in [1.29, 1.82) is 0 Å². The molecule has 1 unspecified atom stereocenters. The third kappa shape index (κ3) is 18.3. The monoisotopic (exact) mass is 1100 g/mol. The van der Waals surface area contributed by atoms with E-state index in [1.807, 2.05) is 70.2 Å². The number of aryl methyl sites for hydroxylation is 4. The van der Waals surface area contributed by atoms with Crippen molar-refractivity contribution >= 4 is 47.8 Å². The van der Waals surface area contributed by atoms with Crippen molar-refractivity contribution in [2.75, 3.05) is 28.4 Å². The largest absolute Gasteiger partial charge is 0.507 e. The molecular weight excluding hydrogens is 1030 g/mol. The average molecular weight is 1100 g/mol. The van der Waals surface area contributed by atoms with E-state index in [-0.39, 0.29) is 99.6 Å². The molecular formula is C62H70O18. The van der Waals surface area contributed by atoms with Crippen LogP contribution < -0.4 is 18.9 Å². The first kappa shape index (κ1) is 62.3. The van der Waals surface area contributed by atoms with Crippen LogP contribution in [-0.2, 0) is 57.3 Å². The lowest BCUT2D eigenvalue weighted by molar-refractivity contribution is -0.142. The maximum absolute atomic E-state index is 13.1. The number of unbranched alkanes of at least 4 members (excludes halogenated alkanes) is 2. The number of esters is 8. The van der Waals surface area contributed by atoms with E-state index in [1.165, 1.54) is 52.7 Å². The van der Waals surface area contributed by atoms with E-state index >= 15 is 0 Å². The molecule has 0 radical (unpaired) electrons. The van der Waals surface area contributed by atoms with Crippen LogP contribution in [0.4, 0.5) is 0 Å². The SMILES string of the molecule is COC(=O)CCCCCC(=O)Oc1cc(C)c(C(c2ccc(C(c3ccc(OC(=O)CCCC(=O)OC)cc3O)c3ccc(OC(=O)CCCC(=O)OC)cc3O)cc2)c2cc(C)c(OC(=O)CCCC(=O)OC)cc2C)cc1C. The van der Waals surface area contributed by atoms with Crippen molar-refractivity contribution in [3.05, 3.63) is 141 Å². The summed E-state index contributed by atoms with van der Waals surface area (Å²) in [7, 11) is 5.12. The fraction of sp³-hybridized carbons (Fsp3) is 0.387. The third-order valence-electron chi connectivity index (χ3n) is 13.3. The summed E-state index contributed by atoms with van der Waals surface area (Å²) < 4.78 is 41.4. The summed E-state index contributed by atoms with van der Waals surface area (Å²) in [5, 5.41) is 23.4. The lowest BCUT2D eigenvalue weighted by Gasteiger charge is -2.26. The number of hydrogen-bond acceptors (Lipinski definition) is 18. The van der Waals surface area contributed by atoms with Gasteiger partial charge < -0.3 is 48.1 Å². The van der Waals surface area contributed by atoms with E-state index in [9.17, 15) is 48.6 Å². The van der Waals surface area contributed by atoms with Crippen LogP contribution in [0.25, 0.3) is 0 Å². The highest BCUT2D eigenvalue weighted by atomic mass is 16.6. The summed E-state index contributed by atoms with van der Waals surface area (Å²) in [6.07, 6.45) is 2.76. The van der Waals surface area contributed by atoms with Crippen molar-refractivity contribution < 1.29 is 86.5 Å². The molecule has 426 valence electrons. The molecule has 18 heteroatoms. The van der Waals surface area contributed by atoms with Gasteiger partial charge in [0.05, 0.1) is 28.4 Å². The van der Waals surface area contributed by atoms with Gasteiger partial charge in [-0.3, -0.25) is 38.4 Å². The van der Waals surface area contributed by atoms with Crippen LogP contribution in [0.2, 0.25) is 0 Å². The number of benzene rings is 5. The van der Waals surface area contributed by atoms with Gasteiger partial charge in [0, 0.05) is 86.5 Å². The molecule has 0 aliphatic carbocycles. The maximum atomic E-state index is 13.1. The van der Waals surface area contributed by atoms with Gasteiger partial charge in [-0.05, 0) is 129 Å². The van der Waals surface area contributed by atoms with Crippen LogP contribution in [0.5, 0.6) is 34.5 Å². The number of ether oxygens (including phenoxy) is 8. The molecule has 0 heterocycles. The molecule has 5 rings (SSSR count). The van der Waals surface area contributed by atoms with Crippen LogP contribution in [0.15, 0.2) is 84.9 Å². The minimum absolute atomic E-state index is 0.000338. The first-order valence-electron chi connectivity index (χ1n) is 26.3. The summed E-state index contributed by atoms with van der Waals surface area (Å²) in [6, 6.07) is 23.8. The highest BCUT2D eigenvalue weighted by Gasteiger charge is 2.28. The smallest absolute Gasteiger partial charge is 0.311 e. The fourth-order valence-corrected chi connectivity index (χ4v) is 9.03. The van der Waals surface area contributed by atoms with Gasteiger partial charge in [-0.1, -0.05) is 55.0 Å². The molecule has 1 atom stereocenters. The van der Waals surface area contributed by atoms with Crippen LogP contribution in [0, 0.1) is 27.7 Å². The van der Waals surface area contributed by atoms with E-state index in [4.69, 9.17) is 28.4 Å². The van der Waals surface area contributed by atoms with Crippen molar-refractivity contribution in [1.82, 2.24) is 0 Å². The molecule has 0 fully saturated rings. The molecule has 0 aliphatic heterocycles. The topological polar surface area (TPSA) is 251 Å². The number of rotatable bonds is 28.